The normalized spacial score (nSPS) is 17.2. The van der Waals surface area contributed by atoms with Gasteiger partial charge in [-0.25, -0.2) is 33.5 Å². The Balaban J connectivity index is 1.24. The number of aryl methyl sites for hydroxylation is 1. The number of fused-ring (bicyclic) bond motifs is 3. The maximum absolute atomic E-state index is 15.0. The second-order valence-electron chi connectivity index (χ2n) is 9.50. The number of carboxylic acid groups (broad SMARTS) is 1. The molecule has 1 unspecified atom stereocenters. The minimum absolute atomic E-state index is 0.0159. The third kappa shape index (κ3) is 4.25. The molecular weight excluding hydrogens is 494 g/mol. The second-order valence-corrected chi connectivity index (χ2v) is 9.50. The zero-order valence-electron chi connectivity index (χ0n) is 20.7. The Bertz CT molecular complexity index is 1520. The summed E-state index contributed by atoms with van der Waals surface area (Å²) in [6.07, 6.45) is 4.48. The summed E-state index contributed by atoms with van der Waals surface area (Å²) >= 11 is 0. The van der Waals surface area contributed by atoms with E-state index in [1.165, 1.54) is 11.0 Å². The maximum Gasteiger partial charge on any atom is 0.407 e. The number of benzene rings is 1. The molecule has 2 aliphatic heterocycles. The van der Waals surface area contributed by atoms with Gasteiger partial charge < -0.3 is 24.8 Å². The fraction of sp³-hybridized carbons (Fsp3) is 0.346. The lowest BCUT2D eigenvalue weighted by atomic mass is 10.1. The number of halogens is 2. The van der Waals surface area contributed by atoms with Crippen LogP contribution in [-0.2, 0) is 6.42 Å². The Labute approximate surface area is 217 Å². The van der Waals surface area contributed by atoms with E-state index in [1.54, 1.807) is 18.3 Å². The first-order valence-corrected chi connectivity index (χ1v) is 12.6. The minimum atomic E-state index is -0.914. The molecule has 6 rings (SSSR count). The molecule has 1 amide bonds. The Hall–Kier alpha value is -4.35. The van der Waals surface area contributed by atoms with Gasteiger partial charge in [0.25, 0.3) is 0 Å². The molecule has 1 atom stereocenters. The number of hydrogen-bond acceptors (Lipinski definition) is 7. The number of nitrogens with zero attached hydrogens (tertiary/aromatic N) is 7. The smallest absolute Gasteiger partial charge is 0.407 e. The Morgan fingerprint density at radius 1 is 1.08 bits per heavy atom. The van der Waals surface area contributed by atoms with Crippen LogP contribution in [0.2, 0.25) is 0 Å². The van der Waals surface area contributed by atoms with Crippen molar-refractivity contribution >= 4 is 34.6 Å². The highest BCUT2D eigenvalue weighted by Gasteiger charge is 2.27. The molecule has 5 heterocycles. The predicted octanol–water partition coefficient (Wildman–Crippen LogP) is 4.61. The largest absolute Gasteiger partial charge is 0.465 e. The number of imidazole rings is 1. The molecule has 3 aromatic heterocycles. The number of pyridine rings is 1. The highest BCUT2D eigenvalue weighted by molar-refractivity contribution is 5.83. The van der Waals surface area contributed by atoms with Crippen LogP contribution in [0.25, 0.3) is 22.3 Å². The first-order valence-electron chi connectivity index (χ1n) is 12.6. The number of anilines is 3. The molecule has 1 aromatic carbocycles. The molecule has 196 valence electrons. The molecule has 4 aromatic rings. The van der Waals surface area contributed by atoms with Crippen LogP contribution in [-0.4, -0.2) is 66.8 Å². The van der Waals surface area contributed by atoms with Crippen LogP contribution in [0.3, 0.4) is 0 Å². The Morgan fingerprint density at radius 2 is 1.89 bits per heavy atom. The van der Waals surface area contributed by atoms with Crippen LogP contribution in [0.5, 0.6) is 0 Å². The molecular formula is C26H26F2N8O2. The van der Waals surface area contributed by atoms with Gasteiger partial charge >= 0.3 is 6.09 Å². The first kappa shape index (κ1) is 24.0. The fourth-order valence-corrected chi connectivity index (χ4v) is 5.28. The molecule has 0 radical (unpaired) electrons. The highest BCUT2D eigenvalue weighted by atomic mass is 19.1. The van der Waals surface area contributed by atoms with Gasteiger partial charge in [-0.05, 0) is 37.1 Å². The molecule has 0 saturated carbocycles. The van der Waals surface area contributed by atoms with E-state index in [0.717, 1.165) is 37.0 Å². The summed E-state index contributed by atoms with van der Waals surface area (Å²) in [5.41, 5.74) is 2.10. The first-order chi connectivity index (χ1) is 18.4. The average molecular weight is 521 g/mol. The van der Waals surface area contributed by atoms with Crippen molar-refractivity contribution in [2.45, 2.75) is 32.2 Å². The Morgan fingerprint density at radius 3 is 2.61 bits per heavy atom. The molecule has 2 aliphatic rings. The lowest BCUT2D eigenvalue weighted by Gasteiger charge is -2.34. The van der Waals surface area contributed by atoms with Crippen molar-refractivity contribution in [1.29, 1.82) is 0 Å². The number of hydrogen-bond donors (Lipinski definition) is 2. The van der Waals surface area contributed by atoms with Gasteiger partial charge in [0, 0.05) is 44.2 Å². The summed E-state index contributed by atoms with van der Waals surface area (Å²) < 4.78 is 32.0. The van der Waals surface area contributed by atoms with E-state index in [-0.39, 0.29) is 17.7 Å². The van der Waals surface area contributed by atoms with Gasteiger partial charge in [-0.15, -0.1) is 0 Å². The number of nitrogens with one attached hydrogen (secondary N) is 1. The fourth-order valence-electron chi connectivity index (χ4n) is 5.28. The third-order valence-corrected chi connectivity index (χ3v) is 7.28. The van der Waals surface area contributed by atoms with E-state index >= 15 is 4.39 Å². The topological polar surface area (TPSA) is 112 Å². The van der Waals surface area contributed by atoms with Crippen molar-refractivity contribution in [2.75, 3.05) is 36.4 Å². The summed E-state index contributed by atoms with van der Waals surface area (Å²) in [6.45, 7) is 4.09. The predicted molar refractivity (Wildman–Crippen MR) is 138 cm³/mol. The average Bonchev–Trinajstić information content (AvgIpc) is 3.50. The van der Waals surface area contributed by atoms with E-state index in [4.69, 9.17) is 5.11 Å². The van der Waals surface area contributed by atoms with E-state index in [2.05, 4.69) is 41.6 Å². The summed E-state index contributed by atoms with van der Waals surface area (Å²) in [5.74, 6) is 0.264. The minimum Gasteiger partial charge on any atom is -0.465 e. The van der Waals surface area contributed by atoms with Crippen LogP contribution in [0.15, 0.2) is 36.7 Å². The molecule has 2 N–H and O–H groups in total. The van der Waals surface area contributed by atoms with E-state index in [0.29, 0.717) is 48.6 Å². The number of aromatic nitrogens is 5. The van der Waals surface area contributed by atoms with Crippen LogP contribution >= 0.6 is 0 Å². The molecule has 10 nitrogen and oxygen atoms in total. The molecule has 38 heavy (non-hydrogen) atoms. The van der Waals surface area contributed by atoms with Crippen molar-refractivity contribution < 1.29 is 18.7 Å². The van der Waals surface area contributed by atoms with Crippen LogP contribution in [0, 0.1) is 11.6 Å². The SMILES string of the molecule is CCC1CCc2nc3c(F)cc(-c4nc(Nc5ccc(N6CCN(C(=O)O)CC6)cn5)ncc4F)cc3n21. The zero-order chi connectivity index (χ0) is 26.4. The Kier molecular flexibility index (Phi) is 6.01. The molecule has 0 bridgehead atoms. The van der Waals surface area contributed by atoms with Crippen molar-refractivity contribution in [2.24, 2.45) is 0 Å². The van der Waals surface area contributed by atoms with Crippen molar-refractivity contribution in [3.05, 3.63) is 54.1 Å². The number of rotatable bonds is 5. The molecule has 1 saturated heterocycles. The second kappa shape index (κ2) is 9.51. The molecule has 1 fully saturated rings. The third-order valence-electron chi connectivity index (χ3n) is 7.28. The molecule has 0 spiro atoms. The van der Waals surface area contributed by atoms with Crippen LogP contribution in [0.4, 0.5) is 31.0 Å². The lowest BCUT2D eigenvalue weighted by Crippen LogP contribution is -2.48. The standard InChI is InChI=1S/C26H26F2N8O2/c1-2-16-4-6-22-32-24-18(27)11-15(12-20(24)36(16)22)23-19(28)14-30-25(33-23)31-21-5-3-17(13-29-21)34-7-9-35(10-8-34)26(37)38/h3,5,11-14,16H,2,4,6-10H2,1H3,(H,37,38)(H,29,30,31,33). The van der Waals surface area contributed by atoms with Crippen molar-refractivity contribution in [1.82, 2.24) is 29.4 Å². The highest BCUT2D eigenvalue weighted by Crippen LogP contribution is 2.36. The van der Waals surface area contributed by atoms with Gasteiger partial charge in [0.05, 0.1) is 23.6 Å². The van der Waals surface area contributed by atoms with E-state index in [9.17, 15) is 9.18 Å². The lowest BCUT2D eigenvalue weighted by molar-refractivity contribution is 0.142. The quantitative estimate of drug-likeness (QED) is 0.393. The van der Waals surface area contributed by atoms with Gasteiger partial charge in [0.1, 0.15) is 22.9 Å². The number of piperazine rings is 1. The monoisotopic (exact) mass is 520 g/mol. The molecule has 0 aliphatic carbocycles. The van der Waals surface area contributed by atoms with Crippen molar-refractivity contribution in [3.8, 4) is 11.3 Å². The van der Waals surface area contributed by atoms with Gasteiger partial charge in [0.2, 0.25) is 5.95 Å². The number of amides is 1. The van der Waals surface area contributed by atoms with Gasteiger partial charge in [-0.3, -0.25) is 0 Å². The zero-order valence-corrected chi connectivity index (χ0v) is 20.7. The summed E-state index contributed by atoms with van der Waals surface area (Å²) in [5, 5.41) is 12.1. The van der Waals surface area contributed by atoms with Crippen molar-refractivity contribution in [3.63, 3.8) is 0 Å². The summed E-state index contributed by atoms with van der Waals surface area (Å²) in [4.78, 5) is 31.8. The maximum atomic E-state index is 15.0. The van der Waals surface area contributed by atoms with E-state index < -0.39 is 17.7 Å². The summed E-state index contributed by atoms with van der Waals surface area (Å²) in [7, 11) is 0. The van der Waals surface area contributed by atoms with Gasteiger partial charge in [-0.1, -0.05) is 6.92 Å². The van der Waals surface area contributed by atoms with Gasteiger partial charge in [-0.2, -0.15) is 0 Å². The van der Waals surface area contributed by atoms with Crippen LogP contribution < -0.4 is 10.2 Å². The molecule has 12 heteroatoms. The number of carbonyl (C=O) groups is 1. The van der Waals surface area contributed by atoms with E-state index in [1.807, 2.05) is 6.07 Å². The van der Waals surface area contributed by atoms with Gasteiger partial charge in [0.15, 0.2) is 11.6 Å². The van der Waals surface area contributed by atoms with Crippen LogP contribution in [0.1, 0.15) is 31.6 Å². The summed E-state index contributed by atoms with van der Waals surface area (Å²) in [6, 6.07) is 6.86.